The summed E-state index contributed by atoms with van der Waals surface area (Å²) in [6, 6.07) is 15.0. The van der Waals surface area contributed by atoms with Crippen molar-refractivity contribution < 1.29 is 15.0 Å². The van der Waals surface area contributed by atoms with Crippen LogP contribution in [-0.2, 0) is 17.6 Å². The van der Waals surface area contributed by atoms with Crippen molar-refractivity contribution in [3.8, 4) is 0 Å². The van der Waals surface area contributed by atoms with Crippen LogP contribution in [0.1, 0.15) is 64.5 Å². The standard InChI is InChI=1S/C16H21Cl2N3OS.C12H16Cl2N2O.C3H6O/c1-14(2)19-13(23)21(20-14)10-16(22,15(18)7-8-15)9-11-5-3-4-6-12(11)17;13-10-4-2-1-3-9(10)7-12(17,8-16-15)11(14)5-6-11;1-3(2)4/h3-6,20,22H,7-10H2,1-2H3,(H,19,23);1-4,16-17H,5-8,15H2;1-2H3. The summed E-state index contributed by atoms with van der Waals surface area (Å²) in [6.07, 6.45) is 3.96. The Labute approximate surface area is 285 Å². The van der Waals surface area contributed by atoms with Gasteiger partial charge in [0.1, 0.15) is 22.6 Å². The second-order valence-electron chi connectivity index (χ2n) is 12.6. The summed E-state index contributed by atoms with van der Waals surface area (Å²) in [4.78, 5) is 8.24. The highest BCUT2D eigenvalue weighted by atomic mass is 35.5. The summed E-state index contributed by atoms with van der Waals surface area (Å²) in [5, 5.41) is 28.8. The van der Waals surface area contributed by atoms with Crippen molar-refractivity contribution in [2.24, 2.45) is 5.84 Å². The van der Waals surface area contributed by atoms with Gasteiger partial charge in [0.15, 0.2) is 5.11 Å². The molecule has 0 spiro atoms. The zero-order valence-electron chi connectivity index (χ0n) is 25.5. The van der Waals surface area contributed by atoms with Crippen molar-refractivity contribution in [3.05, 3.63) is 69.7 Å². The lowest BCUT2D eigenvalue weighted by molar-refractivity contribution is -0.115. The van der Waals surface area contributed by atoms with Crippen LogP contribution in [0.15, 0.2) is 48.5 Å². The molecule has 0 bridgehead atoms. The van der Waals surface area contributed by atoms with Crippen molar-refractivity contribution in [1.29, 1.82) is 0 Å². The monoisotopic (exact) mass is 705 g/mol. The predicted octanol–water partition coefficient (Wildman–Crippen LogP) is 5.26. The molecule has 0 aromatic heterocycles. The minimum Gasteiger partial charge on any atom is -0.386 e. The summed E-state index contributed by atoms with van der Waals surface area (Å²) in [5.74, 6) is 5.50. The molecule has 2 aliphatic carbocycles. The van der Waals surface area contributed by atoms with Crippen LogP contribution in [0.3, 0.4) is 0 Å². The second kappa shape index (κ2) is 14.7. The predicted molar refractivity (Wildman–Crippen MR) is 184 cm³/mol. The van der Waals surface area contributed by atoms with Gasteiger partial charge in [-0.15, -0.1) is 23.2 Å². The van der Waals surface area contributed by atoms with Gasteiger partial charge < -0.3 is 20.3 Å². The molecule has 5 rings (SSSR count). The van der Waals surface area contributed by atoms with Gasteiger partial charge in [-0.25, -0.2) is 5.43 Å². The number of aliphatic hydroxyl groups is 2. The summed E-state index contributed by atoms with van der Waals surface area (Å²) in [5.41, 5.74) is 5.03. The molecule has 2 aromatic rings. The highest BCUT2D eigenvalue weighted by Crippen LogP contribution is 2.53. The van der Waals surface area contributed by atoms with E-state index >= 15 is 0 Å². The Morgan fingerprint density at radius 3 is 1.70 bits per heavy atom. The van der Waals surface area contributed by atoms with Crippen molar-refractivity contribution >= 4 is 69.5 Å². The lowest BCUT2D eigenvalue weighted by atomic mass is 9.88. The summed E-state index contributed by atoms with van der Waals surface area (Å²) in [6.45, 7) is 7.58. The van der Waals surface area contributed by atoms with Crippen LogP contribution >= 0.6 is 58.6 Å². The van der Waals surface area contributed by atoms with Crippen LogP contribution in [0.4, 0.5) is 0 Å². The largest absolute Gasteiger partial charge is 0.386 e. The van der Waals surface area contributed by atoms with Gasteiger partial charge >= 0.3 is 0 Å². The van der Waals surface area contributed by atoms with E-state index in [-0.39, 0.29) is 18.0 Å². The van der Waals surface area contributed by atoms with Gasteiger partial charge in [0, 0.05) is 29.4 Å². The van der Waals surface area contributed by atoms with E-state index in [0.29, 0.717) is 34.5 Å². The average Bonchev–Trinajstić information content (AvgIpc) is 3.83. The number of carbonyl (C=O) groups is 1. The van der Waals surface area contributed by atoms with E-state index in [2.05, 4.69) is 16.2 Å². The Balaban J connectivity index is 0.000000222. The molecule has 244 valence electrons. The van der Waals surface area contributed by atoms with Gasteiger partial charge in [0.2, 0.25) is 0 Å². The van der Waals surface area contributed by atoms with E-state index in [1.807, 2.05) is 56.3 Å². The minimum atomic E-state index is -1.13. The van der Waals surface area contributed by atoms with E-state index in [1.165, 1.54) is 13.8 Å². The first-order valence-corrected chi connectivity index (χ1v) is 16.4. The Morgan fingerprint density at radius 1 is 0.932 bits per heavy atom. The van der Waals surface area contributed by atoms with E-state index < -0.39 is 21.0 Å². The fourth-order valence-corrected chi connectivity index (χ4v) is 6.31. The number of ketones is 1. The molecule has 0 amide bonds. The number of halogens is 4. The van der Waals surface area contributed by atoms with Crippen LogP contribution in [0, 0.1) is 0 Å². The number of carbonyl (C=O) groups excluding carboxylic acids is 1. The maximum Gasteiger partial charge on any atom is 0.185 e. The van der Waals surface area contributed by atoms with Crippen molar-refractivity contribution in [3.63, 3.8) is 0 Å². The Hall–Kier alpha value is -1.24. The fourth-order valence-electron chi connectivity index (χ4n) is 5.09. The van der Waals surface area contributed by atoms with E-state index in [0.717, 1.165) is 36.8 Å². The smallest absolute Gasteiger partial charge is 0.185 e. The third-order valence-corrected chi connectivity index (χ3v) is 10.3. The zero-order valence-corrected chi connectivity index (χ0v) is 29.4. The number of benzene rings is 2. The lowest BCUT2D eigenvalue weighted by Crippen LogP contribution is -2.56. The van der Waals surface area contributed by atoms with Crippen molar-refractivity contribution in [2.75, 3.05) is 13.1 Å². The molecule has 3 aliphatic rings. The van der Waals surface area contributed by atoms with Crippen LogP contribution in [0.5, 0.6) is 0 Å². The molecule has 2 saturated carbocycles. The number of hydrogen-bond acceptors (Lipinski definition) is 7. The number of nitrogens with two attached hydrogens (primary N) is 1. The third-order valence-electron chi connectivity index (χ3n) is 7.82. The Bertz CT molecular complexity index is 1320. The van der Waals surface area contributed by atoms with Gasteiger partial charge in [-0.3, -0.25) is 16.3 Å². The first-order valence-electron chi connectivity index (χ1n) is 14.5. The summed E-state index contributed by atoms with van der Waals surface area (Å²) in [7, 11) is 0. The number of nitrogens with one attached hydrogen (secondary N) is 3. The summed E-state index contributed by atoms with van der Waals surface area (Å²) < 4.78 is 0. The van der Waals surface area contributed by atoms with Gasteiger partial charge in [0.25, 0.3) is 0 Å². The molecule has 2 aromatic carbocycles. The van der Waals surface area contributed by atoms with Gasteiger partial charge in [0.05, 0.1) is 16.3 Å². The molecule has 13 heteroatoms. The minimum absolute atomic E-state index is 0.167. The fraction of sp³-hybridized carbons (Fsp3) is 0.548. The average molecular weight is 708 g/mol. The SMILES string of the molecule is CC(C)=O.CC1(C)NC(=S)N(CC(O)(Cc2ccccc2Cl)C2(Cl)CC2)N1.NNCC(O)(Cc1ccccc1Cl)C1(Cl)CC1. The van der Waals surface area contributed by atoms with Crippen LogP contribution < -0.4 is 22.0 Å². The van der Waals surface area contributed by atoms with Gasteiger partial charge in [-0.05, 0) is 88.9 Å². The number of β-amino-alcohol motifs (C(OH)–C–C–N with tert-alkyl or cyclic N) is 1. The lowest BCUT2D eigenvalue weighted by Gasteiger charge is -2.37. The molecule has 2 atom stereocenters. The first kappa shape index (κ1) is 37.2. The van der Waals surface area contributed by atoms with Crippen molar-refractivity contribution in [2.45, 2.75) is 92.8 Å². The maximum atomic E-state index is 11.4. The number of rotatable bonds is 10. The normalized spacial score (nSPS) is 21.3. The first-order chi connectivity index (χ1) is 20.4. The molecule has 44 heavy (non-hydrogen) atoms. The molecule has 1 heterocycles. The van der Waals surface area contributed by atoms with Gasteiger partial charge in [-0.2, -0.15) is 0 Å². The molecule has 7 N–H and O–H groups in total. The summed E-state index contributed by atoms with van der Waals surface area (Å²) >= 11 is 30.7. The molecule has 0 radical (unpaired) electrons. The number of hydrazine groups is 2. The highest BCUT2D eigenvalue weighted by molar-refractivity contribution is 7.80. The molecule has 1 saturated heterocycles. The van der Waals surface area contributed by atoms with Crippen LogP contribution in [0.2, 0.25) is 10.0 Å². The van der Waals surface area contributed by atoms with Crippen LogP contribution in [0.25, 0.3) is 0 Å². The molecule has 8 nitrogen and oxygen atoms in total. The zero-order chi connectivity index (χ0) is 33.0. The highest BCUT2D eigenvalue weighted by Gasteiger charge is 2.59. The second-order valence-corrected chi connectivity index (χ2v) is 15.2. The van der Waals surface area contributed by atoms with Crippen LogP contribution in [-0.4, -0.2) is 65.8 Å². The number of nitrogens with zero attached hydrogens (tertiary/aromatic N) is 1. The number of thiocarbonyl (C=S) groups is 1. The van der Waals surface area contributed by atoms with E-state index in [4.69, 9.17) is 64.5 Å². The number of alkyl halides is 2. The topological polar surface area (TPSA) is 123 Å². The van der Waals surface area contributed by atoms with Gasteiger partial charge in [-0.1, -0.05) is 59.6 Å². The molecular weight excluding hydrogens is 664 g/mol. The van der Waals surface area contributed by atoms with E-state index in [9.17, 15) is 15.0 Å². The molecule has 1 aliphatic heterocycles. The maximum absolute atomic E-state index is 11.4. The molecule has 3 fully saturated rings. The quantitative estimate of drug-likeness (QED) is 0.0851. The Morgan fingerprint density at radius 2 is 1.34 bits per heavy atom. The van der Waals surface area contributed by atoms with E-state index in [1.54, 1.807) is 11.1 Å². The third kappa shape index (κ3) is 9.64. The Kier molecular flexibility index (Phi) is 12.4. The number of hydrogen-bond donors (Lipinski definition) is 6. The molecule has 2 unspecified atom stereocenters. The number of Topliss-reactive ketones (excluding diaryl/α,β-unsaturated/α-hetero) is 1. The van der Waals surface area contributed by atoms with Crippen molar-refractivity contribution in [1.82, 2.24) is 21.2 Å². The molecular formula is C31H43Cl4N5O3S.